The van der Waals surface area contributed by atoms with Crippen molar-refractivity contribution in [3.8, 4) is 0 Å². The standard InChI is InChI=1S/C24H44N2O8S2/c1-15(2)31-19(27)17(25-21(29)33-23(5,6)7)11-13-35-36-14-12-18(20(28)32-16(3)4)26-22(30)34-24(8,9)10/h15-18H,11-14H2,1-10H3,(H,25,29)(H,26,30)/t17-,18-/m0/s1. The number of nitrogens with one attached hydrogen (secondary N) is 2. The van der Waals surface area contributed by atoms with E-state index in [4.69, 9.17) is 18.9 Å². The lowest BCUT2D eigenvalue weighted by Gasteiger charge is -2.24. The molecule has 10 nitrogen and oxygen atoms in total. The summed E-state index contributed by atoms with van der Waals surface area (Å²) in [7, 11) is 2.95. The van der Waals surface area contributed by atoms with Gasteiger partial charge in [0.15, 0.2) is 0 Å². The van der Waals surface area contributed by atoms with Crippen LogP contribution < -0.4 is 10.6 Å². The Morgan fingerprint density at radius 3 is 1.19 bits per heavy atom. The van der Waals surface area contributed by atoms with Crippen LogP contribution in [-0.2, 0) is 28.5 Å². The Kier molecular flexibility index (Phi) is 15.3. The van der Waals surface area contributed by atoms with Crippen molar-refractivity contribution in [2.75, 3.05) is 11.5 Å². The number of hydrogen-bond acceptors (Lipinski definition) is 10. The molecule has 2 amide bonds. The molecule has 0 saturated heterocycles. The second-order valence-electron chi connectivity index (χ2n) is 10.6. The number of rotatable bonds is 13. The van der Waals surface area contributed by atoms with Gasteiger partial charge in [-0.05, 0) is 82.1 Å². The van der Waals surface area contributed by atoms with Gasteiger partial charge in [-0.15, -0.1) is 0 Å². The van der Waals surface area contributed by atoms with Crippen molar-refractivity contribution in [1.29, 1.82) is 0 Å². The predicted octanol–water partition coefficient (Wildman–Crippen LogP) is 4.84. The van der Waals surface area contributed by atoms with Crippen LogP contribution in [0, 0.1) is 0 Å². The highest BCUT2D eigenvalue weighted by Crippen LogP contribution is 2.24. The third kappa shape index (κ3) is 18.4. The number of alkyl carbamates (subject to hydrolysis) is 2. The van der Waals surface area contributed by atoms with Gasteiger partial charge < -0.3 is 29.6 Å². The lowest BCUT2D eigenvalue weighted by molar-refractivity contribution is -0.150. The van der Waals surface area contributed by atoms with Crippen LogP contribution in [0.1, 0.15) is 82.1 Å². The van der Waals surface area contributed by atoms with E-state index in [1.807, 2.05) is 0 Å². The zero-order valence-corrected chi connectivity index (χ0v) is 24.9. The summed E-state index contributed by atoms with van der Waals surface area (Å²) in [5.41, 5.74) is -1.39. The molecule has 0 spiro atoms. The van der Waals surface area contributed by atoms with Crippen LogP contribution in [0.2, 0.25) is 0 Å². The molecule has 0 fully saturated rings. The van der Waals surface area contributed by atoms with Crippen molar-refractivity contribution in [1.82, 2.24) is 10.6 Å². The number of carbonyl (C=O) groups is 4. The van der Waals surface area contributed by atoms with Gasteiger partial charge in [0.1, 0.15) is 23.3 Å². The summed E-state index contributed by atoms with van der Waals surface area (Å²) in [6.07, 6.45) is -1.35. The smallest absolute Gasteiger partial charge is 0.408 e. The fourth-order valence-corrected chi connectivity index (χ4v) is 4.66. The zero-order chi connectivity index (χ0) is 28.1. The van der Waals surface area contributed by atoms with E-state index < -0.39 is 47.4 Å². The Morgan fingerprint density at radius 2 is 0.944 bits per heavy atom. The highest BCUT2D eigenvalue weighted by Gasteiger charge is 2.27. The Labute approximate surface area is 223 Å². The minimum atomic E-state index is -0.849. The van der Waals surface area contributed by atoms with Crippen LogP contribution in [0.15, 0.2) is 0 Å². The molecule has 0 aromatic carbocycles. The molecule has 0 rings (SSSR count). The SMILES string of the molecule is CC(C)OC(=O)[C@H](CCSSCC[C@H](NC(=O)OC(C)(C)C)C(=O)OC(C)C)NC(=O)OC(C)(C)C. The van der Waals surface area contributed by atoms with Gasteiger partial charge in [0.2, 0.25) is 0 Å². The monoisotopic (exact) mass is 552 g/mol. The average Bonchev–Trinajstić information content (AvgIpc) is 2.64. The van der Waals surface area contributed by atoms with Gasteiger partial charge in [0.05, 0.1) is 12.2 Å². The molecule has 0 saturated carbocycles. The fraction of sp³-hybridized carbons (Fsp3) is 0.833. The molecule has 210 valence electrons. The van der Waals surface area contributed by atoms with Crippen LogP contribution in [0.3, 0.4) is 0 Å². The Hall–Kier alpha value is -1.82. The highest BCUT2D eigenvalue weighted by atomic mass is 33.1. The molecule has 0 unspecified atom stereocenters. The molecule has 0 aliphatic heterocycles. The molecule has 0 aromatic heterocycles. The third-order valence-electron chi connectivity index (χ3n) is 3.72. The first-order valence-electron chi connectivity index (χ1n) is 12.0. The van der Waals surface area contributed by atoms with Crippen LogP contribution in [0.25, 0.3) is 0 Å². The molecule has 0 heterocycles. The van der Waals surface area contributed by atoms with E-state index in [0.29, 0.717) is 24.3 Å². The van der Waals surface area contributed by atoms with Gasteiger partial charge in [-0.2, -0.15) is 0 Å². The summed E-state index contributed by atoms with van der Waals surface area (Å²) in [6.45, 7) is 17.4. The van der Waals surface area contributed by atoms with Gasteiger partial charge in [-0.1, -0.05) is 21.6 Å². The summed E-state index contributed by atoms with van der Waals surface area (Å²) >= 11 is 0. The maximum absolute atomic E-state index is 12.4. The molecule has 2 atom stereocenters. The first kappa shape index (κ1) is 34.2. The number of amides is 2. The van der Waals surface area contributed by atoms with Crippen molar-refractivity contribution in [3.05, 3.63) is 0 Å². The molecule has 0 aliphatic rings. The quantitative estimate of drug-likeness (QED) is 0.142. The molecule has 2 N–H and O–H groups in total. The van der Waals surface area contributed by atoms with Crippen LogP contribution in [0.5, 0.6) is 0 Å². The maximum atomic E-state index is 12.4. The average molecular weight is 553 g/mol. The molecule has 36 heavy (non-hydrogen) atoms. The van der Waals surface area contributed by atoms with E-state index >= 15 is 0 Å². The third-order valence-corrected chi connectivity index (χ3v) is 6.19. The van der Waals surface area contributed by atoms with Crippen molar-refractivity contribution >= 4 is 45.7 Å². The molecule has 0 bridgehead atoms. The Morgan fingerprint density at radius 1 is 0.639 bits per heavy atom. The summed E-state index contributed by atoms with van der Waals surface area (Å²) in [5.74, 6) is -0.00303. The van der Waals surface area contributed by atoms with Gasteiger partial charge in [-0.3, -0.25) is 0 Å². The van der Waals surface area contributed by atoms with Crippen molar-refractivity contribution in [3.63, 3.8) is 0 Å². The summed E-state index contributed by atoms with van der Waals surface area (Å²) < 4.78 is 21.0. The number of ether oxygens (including phenoxy) is 4. The number of esters is 2. The predicted molar refractivity (Wildman–Crippen MR) is 143 cm³/mol. The van der Waals surface area contributed by atoms with E-state index in [2.05, 4.69) is 10.6 Å². The molecular weight excluding hydrogens is 508 g/mol. The van der Waals surface area contributed by atoms with Gasteiger partial charge in [-0.25, -0.2) is 19.2 Å². The maximum Gasteiger partial charge on any atom is 0.408 e. The van der Waals surface area contributed by atoms with Gasteiger partial charge in [0.25, 0.3) is 0 Å². The second-order valence-corrected chi connectivity index (χ2v) is 13.3. The van der Waals surface area contributed by atoms with Crippen LogP contribution in [-0.4, -0.2) is 71.1 Å². The minimum absolute atomic E-state index is 0.317. The van der Waals surface area contributed by atoms with Crippen molar-refractivity contribution in [2.24, 2.45) is 0 Å². The van der Waals surface area contributed by atoms with Crippen molar-refractivity contribution in [2.45, 2.75) is 118 Å². The molecule has 0 radical (unpaired) electrons. The summed E-state index contributed by atoms with van der Waals surface area (Å²) in [5, 5.41) is 5.16. The molecular formula is C24H44N2O8S2. The Bertz CT molecular complexity index is 658. The van der Waals surface area contributed by atoms with Gasteiger partial charge in [0, 0.05) is 11.5 Å². The van der Waals surface area contributed by atoms with E-state index in [1.165, 1.54) is 21.6 Å². The van der Waals surface area contributed by atoms with Crippen molar-refractivity contribution < 1.29 is 38.1 Å². The van der Waals surface area contributed by atoms with Crippen LogP contribution >= 0.6 is 21.6 Å². The van der Waals surface area contributed by atoms with Crippen LogP contribution in [0.4, 0.5) is 9.59 Å². The Balaban J connectivity index is 4.80. The normalized spacial score (nSPS) is 13.6. The molecule has 0 aromatic rings. The summed E-state index contributed by atoms with van der Waals surface area (Å²) in [4.78, 5) is 49.1. The topological polar surface area (TPSA) is 129 Å². The highest BCUT2D eigenvalue weighted by molar-refractivity contribution is 8.76. The van der Waals surface area contributed by atoms with E-state index in [-0.39, 0.29) is 12.2 Å². The van der Waals surface area contributed by atoms with Gasteiger partial charge >= 0.3 is 24.1 Å². The van der Waals surface area contributed by atoms with E-state index in [0.717, 1.165) is 0 Å². The molecule has 0 aliphatic carbocycles. The molecule has 12 heteroatoms. The fourth-order valence-electron chi connectivity index (χ4n) is 2.48. The number of carbonyl (C=O) groups excluding carboxylic acids is 4. The summed E-state index contributed by atoms with van der Waals surface area (Å²) in [6, 6.07) is -1.70. The van der Waals surface area contributed by atoms with E-state index in [9.17, 15) is 19.2 Å². The second kappa shape index (κ2) is 16.1. The largest absolute Gasteiger partial charge is 0.461 e. The number of hydrogen-bond donors (Lipinski definition) is 2. The minimum Gasteiger partial charge on any atom is -0.461 e. The first-order valence-corrected chi connectivity index (χ1v) is 14.5. The lowest BCUT2D eigenvalue weighted by Crippen LogP contribution is -2.45. The van der Waals surface area contributed by atoms with E-state index in [1.54, 1.807) is 69.2 Å². The zero-order valence-electron chi connectivity index (χ0n) is 23.2. The first-order chi connectivity index (χ1) is 16.4. The lowest BCUT2D eigenvalue weighted by atomic mass is 10.2.